The Labute approximate surface area is 181 Å². The maximum Gasteiger partial charge on any atom is 0.327 e. The zero-order valence-electron chi connectivity index (χ0n) is 18.0. The number of carbonyl (C=O) groups excluding carboxylic acids is 2. The molecule has 4 N–H and O–H groups in total. The van der Waals surface area contributed by atoms with Gasteiger partial charge in [0.05, 0.1) is 0 Å². The predicted octanol–water partition coefficient (Wildman–Crippen LogP) is 1.55. The van der Waals surface area contributed by atoms with Crippen molar-refractivity contribution in [1.82, 2.24) is 10.2 Å². The summed E-state index contributed by atoms with van der Waals surface area (Å²) in [5.74, 6) is -1.89. The van der Waals surface area contributed by atoms with E-state index in [0.717, 1.165) is 18.8 Å². The molecule has 0 aromatic heterocycles. The first-order valence-corrected chi connectivity index (χ1v) is 11.0. The molecular weight excluding hydrogens is 404 g/mol. The van der Waals surface area contributed by atoms with Gasteiger partial charge in [-0.2, -0.15) is 0 Å². The maximum absolute atomic E-state index is 12.9. The van der Waals surface area contributed by atoms with Crippen LogP contribution in [0.5, 0.6) is 0 Å². The average Bonchev–Trinajstić information content (AvgIpc) is 2.98. The van der Waals surface area contributed by atoms with E-state index in [-0.39, 0.29) is 0 Å². The molecule has 1 aromatic carbocycles. The van der Waals surface area contributed by atoms with Crippen molar-refractivity contribution in [3.63, 3.8) is 0 Å². The summed E-state index contributed by atoms with van der Waals surface area (Å²) >= 11 is 1.39. The van der Waals surface area contributed by atoms with E-state index >= 15 is 0 Å². The molecule has 1 unspecified atom stereocenters. The Kier molecular flexibility index (Phi) is 5.81. The first-order valence-electron chi connectivity index (χ1n) is 10.1. The number of β-lactam (4-membered cyclic amide) rings is 1. The normalized spacial score (nSPS) is 27.8. The van der Waals surface area contributed by atoms with E-state index in [1.54, 1.807) is 20.8 Å². The van der Waals surface area contributed by atoms with E-state index in [1.165, 1.54) is 16.7 Å². The smallest absolute Gasteiger partial charge is 0.327 e. The number of benzene rings is 1. The van der Waals surface area contributed by atoms with Gasteiger partial charge in [0, 0.05) is 23.5 Å². The quantitative estimate of drug-likeness (QED) is 0.558. The molecule has 0 bridgehead atoms. The number of thioether (sulfide) groups is 1. The summed E-state index contributed by atoms with van der Waals surface area (Å²) in [5, 5.41) is 11.9. The SMILES string of the molecule is CCN(CC)c1ccc(C(N)C(=O)N[C@@]2(C)C(=O)N3[C@@H](C(=O)O)C(C)(C)S[C@@H]32)cc1. The largest absolute Gasteiger partial charge is 0.480 e. The number of carbonyl (C=O) groups is 3. The van der Waals surface area contributed by atoms with E-state index in [2.05, 4.69) is 24.1 Å². The number of nitrogens with one attached hydrogen (secondary N) is 1. The highest BCUT2D eigenvalue weighted by atomic mass is 32.2. The molecule has 30 heavy (non-hydrogen) atoms. The van der Waals surface area contributed by atoms with E-state index < -0.39 is 45.5 Å². The molecule has 1 aromatic rings. The standard InChI is InChI=1S/C21H30N4O4S/c1-6-24(7-2)13-10-8-12(9-11-13)14(22)16(26)23-21(5)18(29)25-15(17(27)28)20(3,4)30-19(21)25/h8-11,14-15,19H,6-7,22H2,1-5H3,(H,23,26)(H,27,28)/t14?,15-,19+,21-/m0/s1. The number of nitrogens with two attached hydrogens (primary N) is 1. The molecule has 2 heterocycles. The number of anilines is 1. The summed E-state index contributed by atoms with van der Waals surface area (Å²) < 4.78 is -0.656. The molecule has 8 nitrogen and oxygen atoms in total. The molecule has 0 saturated carbocycles. The van der Waals surface area contributed by atoms with Gasteiger partial charge >= 0.3 is 5.97 Å². The summed E-state index contributed by atoms with van der Waals surface area (Å²) in [4.78, 5) is 40.9. The van der Waals surface area contributed by atoms with Crippen molar-refractivity contribution < 1.29 is 19.5 Å². The lowest BCUT2D eigenvalue weighted by atomic mass is 9.85. The fourth-order valence-electron chi connectivity index (χ4n) is 4.30. The molecule has 0 spiro atoms. The first-order chi connectivity index (χ1) is 14.0. The van der Waals surface area contributed by atoms with Crippen LogP contribution in [-0.4, -0.2) is 62.6 Å². The second kappa shape index (κ2) is 7.77. The third-order valence-electron chi connectivity index (χ3n) is 6.06. The lowest BCUT2D eigenvalue weighted by Gasteiger charge is -2.51. The van der Waals surface area contributed by atoms with Gasteiger partial charge in [0.1, 0.15) is 23.0 Å². The van der Waals surface area contributed by atoms with Crippen molar-refractivity contribution in [2.24, 2.45) is 5.73 Å². The summed E-state index contributed by atoms with van der Waals surface area (Å²) in [7, 11) is 0. The Hall–Kier alpha value is -2.26. The van der Waals surface area contributed by atoms with E-state index in [0.29, 0.717) is 5.56 Å². The Morgan fingerprint density at radius 1 is 1.23 bits per heavy atom. The number of rotatable bonds is 7. The van der Waals surface area contributed by atoms with E-state index in [1.807, 2.05) is 24.3 Å². The van der Waals surface area contributed by atoms with Gasteiger partial charge in [-0.15, -0.1) is 11.8 Å². The van der Waals surface area contributed by atoms with Crippen LogP contribution in [0.2, 0.25) is 0 Å². The predicted molar refractivity (Wildman–Crippen MR) is 117 cm³/mol. The van der Waals surface area contributed by atoms with Gasteiger partial charge in [0.2, 0.25) is 5.91 Å². The molecule has 3 rings (SSSR count). The van der Waals surface area contributed by atoms with Gasteiger partial charge in [0.25, 0.3) is 5.91 Å². The van der Waals surface area contributed by atoms with Crippen molar-refractivity contribution in [2.45, 2.75) is 62.4 Å². The van der Waals surface area contributed by atoms with Crippen molar-refractivity contribution in [2.75, 3.05) is 18.0 Å². The van der Waals surface area contributed by atoms with Gasteiger partial charge in [0.15, 0.2) is 0 Å². The fraction of sp³-hybridized carbons (Fsp3) is 0.571. The number of nitrogens with zero attached hydrogens (tertiary/aromatic N) is 2. The molecular formula is C21H30N4O4S. The maximum atomic E-state index is 12.9. The molecule has 2 aliphatic rings. The zero-order valence-corrected chi connectivity index (χ0v) is 18.8. The fourth-order valence-corrected chi connectivity index (χ4v) is 5.95. The van der Waals surface area contributed by atoms with Crippen LogP contribution >= 0.6 is 11.8 Å². The molecule has 0 radical (unpaired) electrons. The molecule has 2 aliphatic heterocycles. The number of amides is 2. The summed E-state index contributed by atoms with van der Waals surface area (Å²) in [6.07, 6.45) is 0. The number of hydrogen-bond acceptors (Lipinski definition) is 6. The Balaban J connectivity index is 1.73. The Bertz CT molecular complexity index is 855. The molecule has 164 valence electrons. The molecule has 2 saturated heterocycles. The van der Waals surface area contributed by atoms with Crippen LogP contribution < -0.4 is 16.0 Å². The van der Waals surface area contributed by atoms with Crippen LogP contribution in [0.4, 0.5) is 5.69 Å². The van der Waals surface area contributed by atoms with Gasteiger partial charge in [-0.1, -0.05) is 12.1 Å². The van der Waals surface area contributed by atoms with Gasteiger partial charge < -0.3 is 26.0 Å². The topological polar surface area (TPSA) is 116 Å². The van der Waals surface area contributed by atoms with Crippen molar-refractivity contribution in [1.29, 1.82) is 0 Å². The Morgan fingerprint density at radius 3 is 2.30 bits per heavy atom. The number of aliphatic carboxylic acids is 1. The second-order valence-corrected chi connectivity index (χ2v) is 10.2. The minimum atomic E-state index is -1.18. The van der Waals surface area contributed by atoms with Crippen LogP contribution in [0.15, 0.2) is 24.3 Å². The minimum Gasteiger partial charge on any atom is -0.480 e. The molecule has 4 atom stereocenters. The molecule has 2 fully saturated rings. The number of hydrogen-bond donors (Lipinski definition) is 3. The highest BCUT2D eigenvalue weighted by molar-refractivity contribution is 8.01. The minimum absolute atomic E-state index is 0.393. The van der Waals surface area contributed by atoms with Crippen LogP contribution in [0.25, 0.3) is 0 Å². The molecule has 9 heteroatoms. The second-order valence-electron chi connectivity index (χ2n) is 8.46. The lowest BCUT2D eigenvalue weighted by molar-refractivity contribution is -0.168. The van der Waals surface area contributed by atoms with Gasteiger partial charge in [-0.05, 0) is 52.3 Å². The lowest BCUT2D eigenvalue weighted by Crippen LogP contribution is -2.78. The van der Waals surface area contributed by atoms with Crippen LogP contribution in [0.1, 0.15) is 46.2 Å². The Morgan fingerprint density at radius 2 is 1.80 bits per heavy atom. The first kappa shape index (κ1) is 22.4. The van der Waals surface area contributed by atoms with Crippen LogP contribution in [-0.2, 0) is 14.4 Å². The zero-order chi connectivity index (χ0) is 22.4. The monoisotopic (exact) mass is 434 g/mol. The third-order valence-corrected chi connectivity index (χ3v) is 7.81. The number of carboxylic acid groups (broad SMARTS) is 1. The highest BCUT2D eigenvalue weighted by Crippen LogP contribution is 2.54. The van der Waals surface area contributed by atoms with Crippen molar-refractivity contribution in [3.05, 3.63) is 29.8 Å². The van der Waals surface area contributed by atoms with Crippen LogP contribution in [0.3, 0.4) is 0 Å². The van der Waals surface area contributed by atoms with Crippen molar-refractivity contribution >= 4 is 35.2 Å². The highest BCUT2D eigenvalue weighted by Gasteiger charge is 2.70. The van der Waals surface area contributed by atoms with E-state index in [9.17, 15) is 19.5 Å². The summed E-state index contributed by atoms with van der Waals surface area (Å²) in [6.45, 7) is 11.2. The van der Waals surface area contributed by atoms with Gasteiger partial charge in [-0.25, -0.2) is 4.79 Å². The van der Waals surface area contributed by atoms with Crippen LogP contribution in [0, 0.1) is 0 Å². The number of fused-ring (bicyclic) bond motifs is 1. The van der Waals surface area contributed by atoms with Crippen molar-refractivity contribution in [3.8, 4) is 0 Å². The van der Waals surface area contributed by atoms with E-state index in [4.69, 9.17) is 5.73 Å². The average molecular weight is 435 g/mol. The number of carboxylic acids is 1. The third kappa shape index (κ3) is 3.43. The summed E-state index contributed by atoms with van der Waals surface area (Å²) in [5.41, 5.74) is 6.70. The molecule has 2 amide bonds. The van der Waals surface area contributed by atoms with Gasteiger partial charge in [-0.3, -0.25) is 9.59 Å². The molecule has 0 aliphatic carbocycles. The summed E-state index contributed by atoms with van der Waals surface area (Å²) in [6, 6.07) is 5.65.